The maximum absolute atomic E-state index is 11.7. The molecule has 0 radical (unpaired) electrons. The van der Waals surface area contributed by atoms with Crippen molar-refractivity contribution in [1.29, 1.82) is 0 Å². The standard InChI is InChI=1S/C18H24N8O2S/c1-4-13(27)20-11-6-5-7-12(9-11)26(3)18-22-17(15(16(19)28)23-24-18)21-14-8-10(2)25-29-14/h4,8,11-12H,1,5-7,9H2,2-3H3,(H2,19,28)(H,20,27)(H,21,22,24)/t11?,12-/m1/s1. The molecule has 4 N–H and O–H groups in total. The van der Waals surface area contributed by atoms with Gasteiger partial charge in [0.2, 0.25) is 11.9 Å². The molecule has 2 aromatic heterocycles. The van der Waals surface area contributed by atoms with Gasteiger partial charge in [0.25, 0.3) is 5.91 Å². The predicted octanol–water partition coefficient (Wildman–Crippen LogP) is 1.53. The monoisotopic (exact) mass is 416 g/mol. The molecule has 2 amide bonds. The summed E-state index contributed by atoms with van der Waals surface area (Å²) >= 11 is 1.25. The third-order valence-corrected chi connectivity index (χ3v) is 5.62. The summed E-state index contributed by atoms with van der Waals surface area (Å²) in [4.78, 5) is 29.8. The number of carbonyl (C=O) groups excluding carboxylic acids is 2. The number of carbonyl (C=O) groups is 2. The molecule has 0 bridgehead atoms. The molecular formula is C18H24N8O2S. The normalized spacial score (nSPS) is 18.7. The van der Waals surface area contributed by atoms with Crippen LogP contribution in [0.25, 0.3) is 0 Å². The number of amides is 2. The Kier molecular flexibility index (Phi) is 6.37. The average Bonchev–Trinajstić information content (AvgIpc) is 3.11. The SMILES string of the molecule is C=CC(=O)NC1CCC[C@@H](N(C)c2nnc(C(N)=O)c(Nc3cc(C)ns3)n2)C1. The van der Waals surface area contributed by atoms with E-state index in [2.05, 4.69) is 36.8 Å². The molecule has 2 heterocycles. The molecule has 0 spiro atoms. The molecule has 3 rings (SSSR count). The third kappa shape index (κ3) is 5.05. The number of primary amides is 1. The zero-order valence-corrected chi connectivity index (χ0v) is 17.2. The molecule has 1 saturated carbocycles. The molecule has 2 aromatic rings. The lowest BCUT2D eigenvalue weighted by Gasteiger charge is -2.35. The number of hydrogen-bond acceptors (Lipinski definition) is 9. The first-order valence-electron chi connectivity index (χ1n) is 9.28. The number of aromatic nitrogens is 4. The first-order chi connectivity index (χ1) is 13.9. The van der Waals surface area contributed by atoms with Crippen LogP contribution in [0, 0.1) is 6.92 Å². The molecule has 11 heteroatoms. The molecule has 0 aliphatic heterocycles. The summed E-state index contributed by atoms with van der Waals surface area (Å²) in [5.74, 6) is -0.272. The van der Waals surface area contributed by atoms with Crippen molar-refractivity contribution in [3.63, 3.8) is 0 Å². The molecule has 1 aliphatic carbocycles. The van der Waals surface area contributed by atoms with Crippen molar-refractivity contribution in [3.05, 3.63) is 30.1 Å². The molecule has 1 fully saturated rings. The van der Waals surface area contributed by atoms with Gasteiger partial charge in [-0.15, -0.1) is 10.2 Å². The van der Waals surface area contributed by atoms with Gasteiger partial charge in [0.15, 0.2) is 11.5 Å². The van der Waals surface area contributed by atoms with E-state index in [0.717, 1.165) is 36.4 Å². The molecule has 1 aliphatic rings. The van der Waals surface area contributed by atoms with Gasteiger partial charge in [0.1, 0.15) is 5.00 Å². The van der Waals surface area contributed by atoms with Crippen LogP contribution in [-0.4, -0.2) is 50.5 Å². The number of nitrogens with zero attached hydrogens (tertiary/aromatic N) is 5. The van der Waals surface area contributed by atoms with E-state index in [1.807, 2.05) is 24.9 Å². The van der Waals surface area contributed by atoms with Gasteiger partial charge < -0.3 is 21.3 Å². The number of aryl methyl sites for hydroxylation is 1. The minimum absolute atomic E-state index is 0.0343. The van der Waals surface area contributed by atoms with Crippen LogP contribution in [0.2, 0.25) is 0 Å². The molecule has 2 atom stereocenters. The summed E-state index contributed by atoms with van der Waals surface area (Å²) in [6.07, 6.45) is 4.86. The van der Waals surface area contributed by atoms with Gasteiger partial charge in [0.05, 0.1) is 5.69 Å². The van der Waals surface area contributed by atoms with Crippen LogP contribution in [0.4, 0.5) is 16.8 Å². The summed E-state index contributed by atoms with van der Waals surface area (Å²) in [7, 11) is 1.88. The molecule has 10 nitrogen and oxygen atoms in total. The van der Waals surface area contributed by atoms with Crippen LogP contribution in [0.1, 0.15) is 41.9 Å². The Hall–Kier alpha value is -3.08. The van der Waals surface area contributed by atoms with Gasteiger partial charge in [-0.2, -0.15) is 9.36 Å². The van der Waals surface area contributed by atoms with Gasteiger partial charge in [-0.1, -0.05) is 6.58 Å². The largest absolute Gasteiger partial charge is 0.364 e. The Bertz CT molecular complexity index is 915. The first kappa shape index (κ1) is 20.6. The lowest BCUT2D eigenvalue weighted by atomic mass is 9.90. The van der Waals surface area contributed by atoms with E-state index in [9.17, 15) is 9.59 Å². The van der Waals surface area contributed by atoms with Gasteiger partial charge in [0, 0.05) is 19.1 Å². The fourth-order valence-corrected chi connectivity index (χ4v) is 3.99. The van der Waals surface area contributed by atoms with E-state index < -0.39 is 5.91 Å². The van der Waals surface area contributed by atoms with Crippen LogP contribution in [0.5, 0.6) is 0 Å². The average molecular weight is 417 g/mol. The highest BCUT2D eigenvalue weighted by Gasteiger charge is 2.28. The number of anilines is 3. The van der Waals surface area contributed by atoms with E-state index in [1.54, 1.807) is 0 Å². The van der Waals surface area contributed by atoms with Gasteiger partial charge in [-0.3, -0.25) is 9.59 Å². The lowest BCUT2D eigenvalue weighted by molar-refractivity contribution is -0.117. The number of hydrogen-bond donors (Lipinski definition) is 3. The second-order valence-corrected chi connectivity index (χ2v) is 7.78. The minimum atomic E-state index is -0.715. The zero-order chi connectivity index (χ0) is 21.0. The highest BCUT2D eigenvalue weighted by molar-refractivity contribution is 7.10. The van der Waals surface area contributed by atoms with Crippen molar-refractivity contribution in [2.24, 2.45) is 5.73 Å². The van der Waals surface area contributed by atoms with E-state index in [4.69, 9.17) is 5.73 Å². The predicted molar refractivity (Wildman–Crippen MR) is 111 cm³/mol. The summed E-state index contributed by atoms with van der Waals surface area (Å²) in [5, 5.41) is 14.8. The molecule has 1 unspecified atom stereocenters. The zero-order valence-electron chi connectivity index (χ0n) is 16.4. The number of nitrogens with one attached hydrogen (secondary N) is 2. The number of nitrogens with two attached hydrogens (primary N) is 1. The molecule has 154 valence electrons. The van der Waals surface area contributed by atoms with E-state index in [-0.39, 0.29) is 29.5 Å². The topological polar surface area (TPSA) is 139 Å². The summed E-state index contributed by atoms with van der Waals surface area (Å²) in [6.45, 7) is 5.37. The second kappa shape index (κ2) is 8.95. The quantitative estimate of drug-likeness (QED) is 0.578. The highest BCUT2D eigenvalue weighted by Crippen LogP contribution is 2.27. The van der Waals surface area contributed by atoms with Crippen molar-refractivity contribution < 1.29 is 9.59 Å². The van der Waals surface area contributed by atoms with Crippen LogP contribution >= 0.6 is 11.5 Å². The van der Waals surface area contributed by atoms with Gasteiger partial charge >= 0.3 is 0 Å². The second-order valence-electron chi connectivity index (χ2n) is 6.97. The Labute approximate surface area is 172 Å². The Morgan fingerprint density at radius 3 is 2.83 bits per heavy atom. The van der Waals surface area contributed by atoms with Crippen LogP contribution in [0.15, 0.2) is 18.7 Å². The maximum atomic E-state index is 11.7. The maximum Gasteiger partial charge on any atom is 0.273 e. The van der Waals surface area contributed by atoms with E-state index in [0.29, 0.717) is 5.95 Å². The Morgan fingerprint density at radius 1 is 1.38 bits per heavy atom. The highest BCUT2D eigenvalue weighted by atomic mass is 32.1. The smallest absolute Gasteiger partial charge is 0.273 e. The summed E-state index contributed by atoms with van der Waals surface area (Å²) in [5.41, 5.74) is 6.24. The lowest BCUT2D eigenvalue weighted by Crippen LogP contribution is -2.45. The Morgan fingerprint density at radius 2 is 2.17 bits per heavy atom. The summed E-state index contributed by atoms with van der Waals surface area (Å²) in [6, 6.07) is 2.03. The van der Waals surface area contributed by atoms with E-state index in [1.165, 1.54) is 17.6 Å². The third-order valence-electron chi connectivity index (χ3n) is 4.82. The fourth-order valence-electron chi connectivity index (χ4n) is 3.33. The molecule has 0 saturated heterocycles. The van der Waals surface area contributed by atoms with Crippen LogP contribution in [0.3, 0.4) is 0 Å². The summed E-state index contributed by atoms with van der Waals surface area (Å²) < 4.78 is 4.20. The fraction of sp³-hybridized carbons (Fsp3) is 0.444. The van der Waals surface area contributed by atoms with Crippen molar-refractivity contribution in [2.45, 2.75) is 44.7 Å². The Balaban J connectivity index is 1.80. The minimum Gasteiger partial charge on any atom is -0.364 e. The van der Waals surface area contributed by atoms with Crippen molar-refractivity contribution in [2.75, 3.05) is 17.3 Å². The van der Waals surface area contributed by atoms with Crippen molar-refractivity contribution >= 4 is 40.1 Å². The van der Waals surface area contributed by atoms with Crippen LogP contribution in [-0.2, 0) is 4.79 Å². The van der Waals surface area contributed by atoms with Crippen LogP contribution < -0.4 is 21.3 Å². The molecule has 29 heavy (non-hydrogen) atoms. The van der Waals surface area contributed by atoms with Gasteiger partial charge in [-0.05, 0) is 56.3 Å². The van der Waals surface area contributed by atoms with Crippen molar-refractivity contribution in [1.82, 2.24) is 24.9 Å². The van der Waals surface area contributed by atoms with Crippen molar-refractivity contribution in [3.8, 4) is 0 Å². The molecular weight excluding hydrogens is 392 g/mol. The van der Waals surface area contributed by atoms with Gasteiger partial charge in [-0.25, -0.2) is 0 Å². The number of rotatable bonds is 7. The molecule has 0 aromatic carbocycles. The van der Waals surface area contributed by atoms with E-state index >= 15 is 0 Å². The first-order valence-corrected chi connectivity index (χ1v) is 10.1.